The van der Waals surface area contributed by atoms with E-state index in [2.05, 4.69) is 20.6 Å². The Labute approximate surface area is 161 Å². The molecule has 0 aliphatic rings. The Morgan fingerprint density at radius 2 is 1.74 bits per heavy atom. The van der Waals surface area contributed by atoms with Crippen molar-refractivity contribution >= 4 is 40.5 Å². The molecule has 0 bridgehead atoms. The molecule has 0 saturated heterocycles. The second-order valence-corrected chi connectivity index (χ2v) is 6.32. The molecule has 136 valence electrons. The smallest absolute Gasteiger partial charge is 0.275 e. The minimum absolute atomic E-state index is 0.00615. The van der Waals surface area contributed by atoms with Gasteiger partial charge in [-0.3, -0.25) is 9.59 Å². The van der Waals surface area contributed by atoms with Crippen LogP contribution in [0, 0.1) is 6.92 Å². The number of Topliss-reactive ketones (excluding diaryl/α,β-unsaturated/α-hetero) is 1. The van der Waals surface area contributed by atoms with Gasteiger partial charge in [0.1, 0.15) is 11.5 Å². The summed E-state index contributed by atoms with van der Waals surface area (Å²) in [5, 5.41) is 6.42. The number of amides is 1. The minimum atomic E-state index is -0.370. The molecule has 3 rings (SSSR count). The summed E-state index contributed by atoms with van der Waals surface area (Å²) in [6.45, 7) is 3.34. The number of anilines is 3. The highest BCUT2D eigenvalue weighted by Crippen LogP contribution is 2.23. The summed E-state index contributed by atoms with van der Waals surface area (Å²) in [5.41, 5.74) is 3.00. The fourth-order valence-corrected chi connectivity index (χ4v) is 2.55. The Morgan fingerprint density at radius 3 is 2.37 bits per heavy atom. The lowest BCUT2D eigenvalue weighted by Crippen LogP contribution is -2.15. The lowest BCUT2D eigenvalue weighted by molar-refractivity contribution is 0.101. The van der Waals surface area contributed by atoms with Crippen LogP contribution in [0.1, 0.15) is 33.3 Å². The lowest BCUT2D eigenvalue weighted by Gasteiger charge is -2.09. The van der Waals surface area contributed by atoms with Crippen LogP contribution in [-0.4, -0.2) is 21.7 Å². The molecule has 27 heavy (non-hydrogen) atoms. The van der Waals surface area contributed by atoms with Gasteiger partial charge in [0.25, 0.3) is 5.91 Å². The van der Waals surface area contributed by atoms with E-state index >= 15 is 0 Å². The highest BCUT2D eigenvalue weighted by molar-refractivity contribution is 6.31. The Bertz CT molecular complexity index is 986. The van der Waals surface area contributed by atoms with Gasteiger partial charge in [-0.1, -0.05) is 17.7 Å². The summed E-state index contributed by atoms with van der Waals surface area (Å²) in [4.78, 5) is 32.0. The lowest BCUT2D eigenvalue weighted by atomic mass is 10.1. The van der Waals surface area contributed by atoms with Crippen LogP contribution in [-0.2, 0) is 0 Å². The van der Waals surface area contributed by atoms with Gasteiger partial charge in [-0.2, -0.15) is 0 Å². The third-order valence-corrected chi connectivity index (χ3v) is 4.37. The molecule has 0 unspecified atom stereocenters. The van der Waals surface area contributed by atoms with Crippen molar-refractivity contribution in [2.75, 3.05) is 10.6 Å². The van der Waals surface area contributed by atoms with Crippen molar-refractivity contribution in [1.82, 2.24) is 9.97 Å². The van der Waals surface area contributed by atoms with Gasteiger partial charge in [0.05, 0.1) is 12.4 Å². The Kier molecular flexibility index (Phi) is 5.47. The van der Waals surface area contributed by atoms with E-state index in [9.17, 15) is 9.59 Å². The number of halogens is 1. The van der Waals surface area contributed by atoms with Crippen molar-refractivity contribution < 1.29 is 9.59 Å². The highest BCUT2D eigenvalue weighted by atomic mass is 35.5. The maximum absolute atomic E-state index is 12.3. The van der Waals surface area contributed by atoms with Gasteiger partial charge in [-0.25, -0.2) is 9.97 Å². The molecule has 0 aliphatic heterocycles. The van der Waals surface area contributed by atoms with E-state index in [0.717, 1.165) is 11.3 Å². The van der Waals surface area contributed by atoms with Gasteiger partial charge in [-0.05, 0) is 55.8 Å². The van der Waals surface area contributed by atoms with E-state index in [4.69, 9.17) is 11.6 Å². The summed E-state index contributed by atoms with van der Waals surface area (Å²) in [6.07, 6.45) is 2.86. The molecule has 0 saturated carbocycles. The molecule has 7 heteroatoms. The molecule has 0 aliphatic carbocycles. The number of rotatable bonds is 5. The predicted octanol–water partition coefficient (Wildman–Crippen LogP) is 4.64. The second-order valence-electron chi connectivity index (χ2n) is 5.91. The van der Waals surface area contributed by atoms with Gasteiger partial charge in [0, 0.05) is 22.0 Å². The monoisotopic (exact) mass is 380 g/mol. The van der Waals surface area contributed by atoms with E-state index in [1.165, 1.54) is 19.3 Å². The standard InChI is InChI=1S/C20H17ClN4O2/c1-12-16(21)4-3-5-17(12)25-20(27)18-10-23-19(11-22-18)24-15-8-6-14(7-9-15)13(2)26/h3-11H,1-2H3,(H,23,24)(H,25,27). The third kappa shape index (κ3) is 4.48. The van der Waals surface area contributed by atoms with Crippen LogP contribution in [0.2, 0.25) is 5.02 Å². The highest BCUT2D eigenvalue weighted by Gasteiger charge is 2.11. The fourth-order valence-electron chi connectivity index (χ4n) is 2.38. The van der Waals surface area contributed by atoms with Crippen molar-refractivity contribution in [2.45, 2.75) is 13.8 Å². The predicted molar refractivity (Wildman–Crippen MR) is 106 cm³/mol. The molecule has 1 aromatic heterocycles. The minimum Gasteiger partial charge on any atom is -0.339 e. The van der Waals surface area contributed by atoms with Gasteiger partial charge < -0.3 is 10.6 Å². The third-order valence-electron chi connectivity index (χ3n) is 3.96. The number of carbonyl (C=O) groups is 2. The zero-order valence-corrected chi connectivity index (χ0v) is 15.5. The normalized spacial score (nSPS) is 10.3. The van der Waals surface area contributed by atoms with Crippen molar-refractivity contribution in [2.24, 2.45) is 0 Å². The zero-order valence-electron chi connectivity index (χ0n) is 14.8. The van der Waals surface area contributed by atoms with Crippen LogP contribution in [0.25, 0.3) is 0 Å². The summed E-state index contributed by atoms with van der Waals surface area (Å²) in [5.74, 6) is 0.123. The van der Waals surface area contributed by atoms with Gasteiger partial charge in [-0.15, -0.1) is 0 Å². The fraction of sp³-hybridized carbons (Fsp3) is 0.100. The molecule has 6 nitrogen and oxygen atoms in total. The van der Waals surface area contributed by atoms with Crippen LogP contribution in [0.3, 0.4) is 0 Å². The number of aromatic nitrogens is 2. The maximum Gasteiger partial charge on any atom is 0.275 e. The second kappa shape index (κ2) is 7.97. The number of benzene rings is 2. The number of hydrogen-bond acceptors (Lipinski definition) is 5. The van der Waals surface area contributed by atoms with Crippen LogP contribution < -0.4 is 10.6 Å². The molecular weight excluding hydrogens is 364 g/mol. The molecule has 0 radical (unpaired) electrons. The van der Waals surface area contributed by atoms with Crippen LogP contribution in [0.15, 0.2) is 54.9 Å². The largest absolute Gasteiger partial charge is 0.339 e. The van der Waals surface area contributed by atoms with Gasteiger partial charge in [0.15, 0.2) is 5.78 Å². The van der Waals surface area contributed by atoms with Gasteiger partial charge in [0.2, 0.25) is 0 Å². The van der Waals surface area contributed by atoms with Crippen molar-refractivity contribution in [1.29, 1.82) is 0 Å². The average molecular weight is 381 g/mol. The first kappa shape index (κ1) is 18.5. The van der Waals surface area contributed by atoms with Crippen LogP contribution >= 0.6 is 11.6 Å². The molecule has 2 aromatic carbocycles. The summed E-state index contributed by atoms with van der Waals surface area (Å²) in [6, 6.07) is 12.3. The molecule has 0 fully saturated rings. The molecular formula is C20H17ClN4O2. The first-order chi connectivity index (χ1) is 12.9. The molecule has 2 N–H and O–H groups in total. The van der Waals surface area contributed by atoms with E-state index in [0.29, 0.717) is 22.1 Å². The van der Waals surface area contributed by atoms with Crippen LogP contribution in [0.5, 0.6) is 0 Å². The van der Waals surface area contributed by atoms with E-state index < -0.39 is 0 Å². The molecule has 1 amide bonds. The van der Waals surface area contributed by atoms with Crippen molar-refractivity contribution in [3.8, 4) is 0 Å². The van der Waals surface area contributed by atoms with E-state index in [1.807, 2.05) is 6.92 Å². The first-order valence-corrected chi connectivity index (χ1v) is 8.58. The Morgan fingerprint density at radius 1 is 1.00 bits per heavy atom. The quantitative estimate of drug-likeness (QED) is 0.630. The molecule has 1 heterocycles. The van der Waals surface area contributed by atoms with E-state index in [-0.39, 0.29) is 17.4 Å². The number of hydrogen-bond donors (Lipinski definition) is 2. The number of nitrogens with zero attached hydrogens (tertiary/aromatic N) is 2. The summed E-state index contributed by atoms with van der Waals surface area (Å²) in [7, 11) is 0. The topological polar surface area (TPSA) is 84.0 Å². The molecule has 0 atom stereocenters. The van der Waals surface area contributed by atoms with E-state index in [1.54, 1.807) is 42.5 Å². The Balaban J connectivity index is 1.68. The first-order valence-electron chi connectivity index (χ1n) is 8.20. The number of carbonyl (C=O) groups excluding carboxylic acids is 2. The van der Waals surface area contributed by atoms with Crippen molar-refractivity contribution in [3.05, 3.63) is 76.7 Å². The zero-order chi connectivity index (χ0) is 19.4. The Hall–Kier alpha value is -3.25. The van der Waals surface area contributed by atoms with Crippen LogP contribution in [0.4, 0.5) is 17.2 Å². The molecule has 0 spiro atoms. The van der Waals surface area contributed by atoms with Crippen molar-refractivity contribution in [3.63, 3.8) is 0 Å². The average Bonchev–Trinajstić information content (AvgIpc) is 2.66. The molecule has 3 aromatic rings. The SMILES string of the molecule is CC(=O)c1ccc(Nc2cnc(C(=O)Nc3cccc(Cl)c3C)cn2)cc1. The number of ketones is 1. The summed E-state index contributed by atoms with van der Waals surface area (Å²) < 4.78 is 0. The number of nitrogens with one attached hydrogen (secondary N) is 2. The van der Waals surface area contributed by atoms with Gasteiger partial charge >= 0.3 is 0 Å². The maximum atomic E-state index is 12.3. The summed E-state index contributed by atoms with van der Waals surface area (Å²) >= 11 is 6.06.